The van der Waals surface area contributed by atoms with Crippen molar-refractivity contribution in [1.82, 2.24) is 39.6 Å². The summed E-state index contributed by atoms with van der Waals surface area (Å²) in [6, 6.07) is 0.849. The lowest BCUT2D eigenvalue weighted by atomic mass is 9.73. The number of fused-ring (bicyclic) bond motifs is 1. The van der Waals surface area contributed by atoms with E-state index in [1.165, 1.54) is 0 Å². The fraction of sp³-hybridized carbons (Fsp3) is 0.696. The van der Waals surface area contributed by atoms with Crippen molar-refractivity contribution in [2.75, 3.05) is 150 Å². The van der Waals surface area contributed by atoms with Gasteiger partial charge in [0.15, 0.2) is 31.9 Å². The predicted octanol–water partition coefficient (Wildman–Crippen LogP) is 3.67. The molecular formula is C46H66ClF3N9O14P. The number of piperidine rings is 1. The number of anilines is 1. The molecule has 3 aromatic heterocycles. The van der Waals surface area contributed by atoms with Gasteiger partial charge in [0.25, 0.3) is 0 Å². The van der Waals surface area contributed by atoms with E-state index in [1.54, 1.807) is 21.8 Å². The van der Waals surface area contributed by atoms with Crippen molar-refractivity contribution < 1.29 is 79.9 Å². The Morgan fingerprint density at radius 3 is 2.07 bits per heavy atom. The highest BCUT2D eigenvalue weighted by Gasteiger charge is 2.47. The summed E-state index contributed by atoms with van der Waals surface area (Å²) in [6.45, 7) is 11.4. The Balaban J connectivity index is 0.621. The minimum Gasteiger partial charge on any atom is -0.420 e. The van der Waals surface area contributed by atoms with Crippen LogP contribution in [0.2, 0.25) is 5.28 Å². The van der Waals surface area contributed by atoms with Crippen molar-refractivity contribution in [3.05, 3.63) is 53.0 Å². The summed E-state index contributed by atoms with van der Waals surface area (Å²) in [6.07, 6.45) is 6.49. The molecule has 23 nitrogen and oxygen atoms in total. The topological polar surface area (TPSA) is 240 Å². The van der Waals surface area contributed by atoms with Gasteiger partial charge in [-0.3, -0.25) is 4.79 Å². The third-order valence-corrected chi connectivity index (χ3v) is 12.7. The Labute approximate surface area is 432 Å². The first-order valence-electron chi connectivity index (χ1n) is 24.7. The van der Waals surface area contributed by atoms with Gasteiger partial charge in [-0.15, -0.1) is 5.10 Å². The highest BCUT2D eigenvalue weighted by Crippen LogP contribution is 2.43. The molecule has 2 atom stereocenters. The third kappa shape index (κ3) is 18.7. The van der Waals surface area contributed by atoms with Crippen LogP contribution in [-0.4, -0.2) is 206 Å². The molecule has 1 spiro atoms. The quantitative estimate of drug-likeness (QED) is 0.0217. The summed E-state index contributed by atoms with van der Waals surface area (Å²) in [4.78, 5) is 43.9. The number of benzene rings is 1. The number of carbonyl (C=O) groups excluding carboxylic acids is 1. The van der Waals surface area contributed by atoms with E-state index in [0.717, 1.165) is 69.6 Å². The van der Waals surface area contributed by atoms with Crippen LogP contribution in [0.3, 0.4) is 0 Å². The van der Waals surface area contributed by atoms with E-state index in [1.807, 2.05) is 0 Å². The summed E-state index contributed by atoms with van der Waals surface area (Å²) in [5.41, 5.74) is 1.50. The van der Waals surface area contributed by atoms with Gasteiger partial charge in [-0.25, -0.2) is 22.5 Å². The van der Waals surface area contributed by atoms with Crippen LogP contribution in [0.4, 0.5) is 19.0 Å². The summed E-state index contributed by atoms with van der Waals surface area (Å²) in [5, 5.41) is 13.8. The van der Waals surface area contributed by atoms with Crippen LogP contribution >= 0.6 is 20.0 Å². The van der Waals surface area contributed by atoms with Crippen LogP contribution in [0.25, 0.3) is 11.0 Å². The maximum absolute atomic E-state index is 13.6. The van der Waals surface area contributed by atoms with Gasteiger partial charge in [0.2, 0.25) is 11.0 Å². The highest BCUT2D eigenvalue weighted by molar-refractivity contribution is 7.44. The molecule has 0 saturated carbocycles. The number of nitrogens with zero attached hydrogens (tertiary/aromatic N) is 9. The van der Waals surface area contributed by atoms with Crippen molar-refractivity contribution in [2.24, 2.45) is 5.41 Å². The Morgan fingerprint density at radius 1 is 0.784 bits per heavy atom. The standard InChI is InChI=1S/C46H66ClF3N9O14P/c47-45-52-43(37-26-51-59(44(37)53-45)40-3-2-36(72-40)29-71-33-74(61)62)57-31-46(32-57)5-1-6-56(30-46)7-10-64-13-16-67-20-21-69-22-23-70-28-35-27-58(55-54-35)8-11-65-14-17-68-19-18-66-15-12-63-9-4-41(60)73-42-38(49)24-34(48)25-39(42)50/h24-27,36,40,61-62H,1-23,28-33H2. The highest BCUT2D eigenvalue weighted by atomic mass is 35.5. The lowest BCUT2D eigenvalue weighted by Gasteiger charge is -2.55. The number of halogens is 4. The first kappa shape index (κ1) is 57.9. The monoisotopic (exact) mass is 1090 g/mol. The number of hydrogen-bond donors (Lipinski definition) is 2. The third-order valence-electron chi connectivity index (χ3n) is 12.1. The number of hydrogen-bond acceptors (Lipinski definition) is 21. The summed E-state index contributed by atoms with van der Waals surface area (Å²) >= 11 is 6.46. The summed E-state index contributed by atoms with van der Waals surface area (Å²) < 4.78 is 104. The van der Waals surface area contributed by atoms with Gasteiger partial charge < -0.3 is 71.7 Å². The predicted molar refractivity (Wildman–Crippen MR) is 258 cm³/mol. The smallest absolute Gasteiger partial charge is 0.313 e. The Bertz CT molecular complexity index is 2280. The molecule has 28 heteroatoms. The molecule has 0 aliphatic carbocycles. The van der Waals surface area contributed by atoms with Crippen molar-refractivity contribution in [3.63, 3.8) is 0 Å². The van der Waals surface area contributed by atoms with E-state index in [-0.39, 0.29) is 62.2 Å². The molecule has 0 bridgehead atoms. The molecule has 412 valence electrons. The first-order valence-corrected chi connectivity index (χ1v) is 26.5. The van der Waals surface area contributed by atoms with Gasteiger partial charge in [-0.1, -0.05) is 5.21 Å². The van der Waals surface area contributed by atoms with Crippen LogP contribution < -0.4 is 9.64 Å². The average Bonchev–Trinajstić information content (AvgIpc) is 4.15. The van der Waals surface area contributed by atoms with Gasteiger partial charge in [-0.05, 0) is 43.8 Å². The molecule has 0 radical (unpaired) electrons. The Morgan fingerprint density at radius 2 is 1.41 bits per heavy atom. The number of esters is 1. The van der Waals surface area contributed by atoms with E-state index >= 15 is 0 Å². The largest absolute Gasteiger partial charge is 0.420 e. The van der Waals surface area contributed by atoms with Gasteiger partial charge >= 0.3 is 5.97 Å². The van der Waals surface area contributed by atoms with Crippen molar-refractivity contribution in [1.29, 1.82) is 0 Å². The molecule has 0 amide bonds. The number of rotatable bonds is 36. The molecule has 7 rings (SSSR count). The van der Waals surface area contributed by atoms with Gasteiger partial charge in [0, 0.05) is 43.7 Å². The fourth-order valence-electron chi connectivity index (χ4n) is 8.67. The molecule has 3 fully saturated rings. The number of carbonyl (C=O) groups is 1. The van der Waals surface area contributed by atoms with E-state index in [2.05, 4.69) is 39.9 Å². The summed E-state index contributed by atoms with van der Waals surface area (Å²) in [5.74, 6) is -4.81. The Kier molecular flexibility index (Phi) is 24.1. The lowest BCUT2D eigenvalue weighted by Crippen LogP contribution is -2.63. The second-order valence-corrected chi connectivity index (χ2v) is 19.1. The zero-order chi connectivity index (χ0) is 52.0. The van der Waals surface area contributed by atoms with Crippen LogP contribution in [0.1, 0.15) is 44.0 Å². The van der Waals surface area contributed by atoms with E-state index in [9.17, 15) is 18.0 Å². The molecule has 3 aliphatic rings. The fourth-order valence-corrected chi connectivity index (χ4v) is 9.10. The molecule has 1 aromatic carbocycles. The van der Waals surface area contributed by atoms with Crippen LogP contribution in [0.5, 0.6) is 5.75 Å². The zero-order valence-electron chi connectivity index (χ0n) is 41.2. The normalized spacial score (nSPS) is 17.9. The summed E-state index contributed by atoms with van der Waals surface area (Å²) in [7, 11) is -2.10. The molecule has 3 aliphatic heterocycles. The Hall–Kier alpha value is -3.83. The second kappa shape index (κ2) is 30.8. The van der Waals surface area contributed by atoms with Gasteiger partial charge in [0.1, 0.15) is 23.7 Å². The molecule has 6 heterocycles. The van der Waals surface area contributed by atoms with Gasteiger partial charge in [0.05, 0.1) is 149 Å². The van der Waals surface area contributed by atoms with Gasteiger partial charge in [-0.2, -0.15) is 15.1 Å². The van der Waals surface area contributed by atoms with Crippen molar-refractivity contribution in [3.8, 4) is 5.75 Å². The van der Waals surface area contributed by atoms with Crippen molar-refractivity contribution in [2.45, 2.75) is 57.6 Å². The lowest BCUT2D eigenvalue weighted by molar-refractivity contribution is -0.136. The molecule has 2 N–H and O–H groups in total. The SMILES string of the molecule is O=C(CCOCCOCCOCCOCCn1cc(COCCOCCOCCOCCN2CCCC3(C2)CN(c2nc(Cl)nc4c2cnn4C2CCC(COCP(O)O)O2)C3)nn1)Oc1c(F)cc(F)cc1F. The number of likely N-dealkylation sites (tertiary alicyclic amines) is 1. The minimum atomic E-state index is -2.10. The molecular weight excluding hydrogens is 1030 g/mol. The van der Waals surface area contributed by atoms with Crippen LogP contribution in [0, 0.1) is 22.9 Å². The molecule has 4 aromatic rings. The molecule has 3 saturated heterocycles. The average molecular weight is 1090 g/mol. The van der Waals surface area contributed by atoms with E-state index < -0.39 is 37.5 Å². The number of ether oxygens (including phenoxy) is 11. The van der Waals surface area contributed by atoms with E-state index in [0.29, 0.717) is 116 Å². The first-order chi connectivity index (χ1) is 36.0. The van der Waals surface area contributed by atoms with Crippen LogP contribution in [-0.2, 0) is 65.3 Å². The number of aromatic nitrogens is 7. The van der Waals surface area contributed by atoms with Crippen molar-refractivity contribution >= 4 is 42.8 Å². The minimum absolute atomic E-state index is 0.0476. The maximum atomic E-state index is 13.6. The second-order valence-electron chi connectivity index (χ2n) is 17.8. The zero-order valence-corrected chi connectivity index (χ0v) is 42.9. The molecule has 74 heavy (non-hydrogen) atoms. The molecule has 2 unspecified atom stereocenters. The van der Waals surface area contributed by atoms with E-state index in [4.69, 9.17) is 68.8 Å². The van der Waals surface area contributed by atoms with Crippen LogP contribution in [0.15, 0.2) is 24.5 Å². The maximum Gasteiger partial charge on any atom is 0.313 e.